The van der Waals surface area contributed by atoms with E-state index in [-0.39, 0.29) is 18.4 Å². The summed E-state index contributed by atoms with van der Waals surface area (Å²) in [5, 5.41) is 5.80. The lowest BCUT2D eigenvalue weighted by Crippen LogP contribution is -2.39. The first kappa shape index (κ1) is 22.3. The number of hydrazone groups is 1. The number of hydrogen-bond donors (Lipinski definition) is 0. The normalized spacial score (nSPS) is 15.5. The first-order valence-corrected chi connectivity index (χ1v) is 9.99. The number of carbonyl (C=O) groups excluding carboxylic acids is 2. The fraction of sp³-hybridized carbons (Fsp3) is 0.348. The van der Waals surface area contributed by atoms with E-state index in [4.69, 9.17) is 9.47 Å². The van der Waals surface area contributed by atoms with Crippen LogP contribution < -0.4 is 9.47 Å². The largest absolute Gasteiger partial charge is 0.493 e. The molecule has 7 nitrogen and oxygen atoms in total. The zero-order chi connectivity index (χ0) is 22.5. The standard InChI is InChI=1S/C23H26FN3O4/c1-5-22(28)26(2)14-23(29)27-19(15-10-11-20(30-3)21(12-15)31-4)13-18(25-27)16-8-6-7-9-17(16)24/h6-12,19H,5,13-14H2,1-4H3. The number of benzene rings is 2. The molecule has 0 N–H and O–H groups in total. The Morgan fingerprint density at radius 2 is 1.87 bits per heavy atom. The number of amides is 2. The molecule has 0 aliphatic carbocycles. The van der Waals surface area contributed by atoms with Crippen molar-refractivity contribution in [1.29, 1.82) is 0 Å². The van der Waals surface area contributed by atoms with Crippen molar-refractivity contribution in [1.82, 2.24) is 9.91 Å². The van der Waals surface area contributed by atoms with Gasteiger partial charge in [0.15, 0.2) is 11.5 Å². The molecular formula is C23H26FN3O4. The Hall–Kier alpha value is -3.42. The van der Waals surface area contributed by atoms with Gasteiger partial charge in [0, 0.05) is 25.5 Å². The summed E-state index contributed by atoms with van der Waals surface area (Å²) >= 11 is 0. The van der Waals surface area contributed by atoms with Gasteiger partial charge in [0.1, 0.15) is 12.4 Å². The lowest BCUT2D eigenvalue weighted by Gasteiger charge is -2.25. The molecule has 2 aromatic rings. The van der Waals surface area contributed by atoms with Crippen LogP contribution in [-0.4, -0.2) is 55.2 Å². The molecule has 1 aliphatic heterocycles. The Morgan fingerprint density at radius 1 is 1.16 bits per heavy atom. The van der Waals surface area contributed by atoms with Gasteiger partial charge in [-0.1, -0.05) is 31.2 Å². The Bertz CT molecular complexity index is 1010. The number of rotatable bonds is 7. The second-order valence-electron chi connectivity index (χ2n) is 7.20. The highest BCUT2D eigenvalue weighted by Crippen LogP contribution is 2.37. The summed E-state index contributed by atoms with van der Waals surface area (Å²) in [6.45, 7) is 1.62. The van der Waals surface area contributed by atoms with Gasteiger partial charge in [-0.15, -0.1) is 0 Å². The molecule has 0 fully saturated rings. The van der Waals surface area contributed by atoms with Crippen LogP contribution in [0.1, 0.15) is 36.9 Å². The third kappa shape index (κ3) is 4.68. The third-order valence-corrected chi connectivity index (χ3v) is 5.24. The highest BCUT2D eigenvalue weighted by atomic mass is 19.1. The van der Waals surface area contributed by atoms with Crippen molar-refractivity contribution in [3.05, 3.63) is 59.4 Å². The lowest BCUT2D eigenvalue weighted by molar-refractivity contribution is -0.140. The first-order valence-electron chi connectivity index (χ1n) is 9.99. The zero-order valence-electron chi connectivity index (χ0n) is 18.1. The fourth-order valence-electron chi connectivity index (χ4n) is 3.55. The van der Waals surface area contributed by atoms with Crippen molar-refractivity contribution < 1.29 is 23.5 Å². The van der Waals surface area contributed by atoms with E-state index in [0.717, 1.165) is 5.56 Å². The van der Waals surface area contributed by atoms with Gasteiger partial charge < -0.3 is 14.4 Å². The second kappa shape index (κ2) is 9.59. The summed E-state index contributed by atoms with van der Waals surface area (Å²) in [7, 11) is 4.65. The smallest absolute Gasteiger partial charge is 0.262 e. The van der Waals surface area contributed by atoms with E-state index in [0.29, 0.717) is 35.6 Å². The molecule has 2 amide bonds. The van der Waals surface area contributed by atoms with Crippen molar-refractivity contribution in [3.63, 3.8) is 0 Å². The van der Waals surface area contributed by atoms with Crippen LogP contribution in [-0.2, 0) is 9.59 Å². The molecule has 1 atom stereocenters. The maximum absolute atomic E-state index is 14.4. The molecule has 2 aromatic carbocycles. The van der Waals surface area contributed by atoms with E-state index in [1.165, 1.54) is 23.1 Å². The van der Waals surface area contributed by atoms with E-state index >= 15 is 0 Å². The molecular weight excluding hydrogens is 401 g/mol. The minimum absolute atomic E-state index is 0.121. The van der Waals surface area contributed by atoms with E-state index in [1.54, 1.807) is 51.4 Å². The van der Waals surface area contributed by atoms with E-state index in [1.807, 2.05) is 6.07 Å². The topological polar surface area (TPSA) is 71.4 Å². The summed E-state index contributed by atoms with van der Waals surface area (Å²) in [5.41, 5.74) is 1.59. The maximum atomic E-state index is 14.4. The van der Waals surface area contributed by atoms with Gasteiger partial charge >= 0.3 is 0 Å². The van der Waals surface area contributed by atoms with Gasteiger partial charge in [-0.05, 0) is 23.8 Å². The molecule has 3 rings (SSSR count). The monoisotopic (exact) mass is 427 g/mol. The summed E-state index contributed by atoms with van der Waals surface area (Å²) in [6.07, 6.45) is 0.625. The van der Waals surface area contributed by atoms with Crippen molar-refractivity contribution in [2.75, 3.05) is 27.8 Å². The van der Waals surface area contributed by atoms with Gasteiger partial charge in [0.05, 0.1) is 26.0 Å². The predicted molar refractivity (Wildman–Crippen MR) is 115 cm³/mol. The molecule has 0 aromatic heterocycles. The van der Waals surface area contributed by atoms with E-state index < -0.39 is 11.9 Å². The SMILES string of the molecule is CCC(=O)N(C)CC(=O)N1N=C(c2ccccc2F)CC1c1ccc(OC)c(OC)c1. The molecule has 1 heterocycles. The molecule has 0 bridgehead atoms. The fourth-order valence-corrected chi connectivity index (χ4v) is 3.55. The maximum Gasteiger partial charge on any atom is 0.262 e. The number of ether oxygens (including phenoxy) is 2. The van der Waals surface area contributed by atoms with Gasteiger partial charge in [-0.25, -0.2) is 9.40 Å². The van der Waals surface area contributed by atoms with Crippen LogP contribution in [0.5, 0.6) is 11.5 Å². The summed E-state index contributed by atoms with van der Waals surface area (Å²) in [4.78, 5) is 26.4. The Kier molecular flexibility index (Phi) is 6.89. The van der Waals surface area contributed by atoms with Crippen molar-refractivity contribution in [2.45, 2.75) is 25.8 Å². The van der Waals surface area contributed by atoms with Gasteiger partial charge in [-0.3, -0.25) is 9.59 Å². The number of likely N-dealkylation sites (N-methyl/N-ethyl adjacent to an activating group) is 1. The minimum Gasteiger partial charge on any atom is -0.493 e. The number of halogens is 1. The molecule has 164 valence electrons. The van der Waals surface area contributed by atoms with Crippen LogP contribution in [0.2, 0.25) is 0 Å². The summed E-state index contributed by atoms with van der Waals surface area (Å²) in [6, 6.07) is 11.2. The Labute approximate surface area is 181 Å². The molecule has 1 unspecified atom stereocenters. The quantitative estimate of drug-likeness (QED) is 0.679. The van der Waals surface area contributed by atoms with Gasteiger partial charge in [0.2, 0.25) is 5.91 Å². The Balaban J connectivity index is 1.97. The molecule has 31 heavy (non-hydrogen) atoms. The van der Waals surface area contributed by atoms with Crippen molar-refractivity contribution >= 4 is 17.5 Å². The highest BCUT2D eigenvalue weighted by Gasteiger charge is 2.35. The third-order valence-electron chi connectivity index (χ3n) is 5.24. The van der Waals surface area contributed by atoms with Gasteiger partial charge in [-0.2, -0.15) is 5.10 Å². The van der Waals surface area contributed by atoms with Crippen LogP contribution in [0.4, 0.5) is 4.39 Å². The lowest BCUT2D eigenvalue weighted by atomic mass is 9.97. The number of nitrogens with zero attached hydrogens (tertiary/aromatic N) is 3. The average molecular weight is 427 g/mol. The second-order valence-corrected chi connectivity index (χ2v) is 7.20. The Morgan fingerprint density at radius 3 is 2.52 bits per heavy atom. The summed E-state index contributed by atoms with van der Waals surface area (Å²) < 4.78 is 25.1. The van der Waals surface area contributed by atoms with Crippen LogP contribution in [0, 0.1) is 5.82 Å². The average Bonchev–Trinajstić information content (AvgIpc) is 3.23. The molecule has 0 saturated heterocycles. The molecule has 0 radical (unpaired) electrons. The van der Waals surface area contributed by atoms with Gasteiger partial charge in [0.25, 0.3) is 5.91 Å². The zero-order valence-corrected chi connectivity index (χ0v) is 18.1. The number of methoxy groups -OCH3 is 2. The number of carbonyl (C=O) groups is 2. The van der Waals surface area contributed by atoms with Crippen molar-refractivity contribution in [2.24, 2.45) is 5.10 Å². The predicted octanol–water partition coefficient (Wildman–Crippen LogP) is 3.39. The first-order chi connectivity index (χ1) is 14.9. The van der Waals surface area contributed by atoms with Crippen LogP contribution in [0.3, 0.4) is 0 Å². The van der Waals surface area contributed by atoms with Crippen molar-refractivity contribution in [3.8, 4) is 11.5 Å². The van der Waals surface area contributed by atoms with E-state index in [2.05, 4.69) is 5.10 Å². The minimum atomic E-state index is -0.466. The molecule has 1 aliphatic rings. The van der Waals surface area contributed by atoms with Crippen LogP contribution >= 0.6 is 0 Å². The highest BCUT2D eigenvalue weighted by molar-refractivity contribution is 6.03. The molecule has 8 heteroatoms. The van der Waals surface area contributed by atoms with E-state index in [9.17, 15) is 14.0 Å². The molecule has 0 spiro atoms. The molecule has 0 saturated carbocycles. The van der Waals surface area contributed by atoms with Crippen LogP contribution in [0.25, 0.3) is 0 Å². The number of hydrogen-bond acceptors (Lipinski definition) is 5. The van der Waals surface area contributed by atoms with Crippen LogP contribution in [0.15, 0.2) is 47.6 Å². The summed E-state index contributed by atoms with van der Waals surface area (Å²) in [5.74, 6) is 0.180.